The molecule has 52 heavy (non-hydrogen) atoms. The fraction of sp³-hybridized carbons (Fsp3) is 0.0800. The van der Waals surface area contributed by atoms with Crippen LogP contribution in [-0.4, -0.2) is 4.57 Å². The van der Waals surface area contributed by atoms with Crippen LogP contribution < -0.4 is 4.90 Å². The van der Waals surface area contributed by atoms with Gasteiger partial charge in [-0.3, -0.25) is 0 Å². The van der Waals surface area contributed by atoms with E-state index in [2.05, 4.69) is 195 Å². The van der Waals surface area contributed by atoms with Crippen LogP contribution in [0.2, 0.25) is 0 Å². The zero-order valence-corrected chi connectivity index (χ0v) is 29.9. The van der Waals surface area contributed by atoms with Crippen molar-refractivity contribution >= 4 is 71.2 Å². The molecular formula is C50H38N2. The van der Waals surface area contributed by atoms with Crippen LogP contribution in [-0.2, 0) is 0 Å². The fourth-order valence-corrected chi connectivity index (χ4v) is 8.83. The van der Waals surface area contributed by atoms with Gasteiger partial charge in [0.1, 0.15) is 0 Å². The van der Waals surface area contributed by atoms with Crippen molar-refractivity contribution in [2.45, 2.75) is 27.7 Å². The number of aryl methyl sites for hydroxylation is 4. The first-order valence-corrected chi connectivity index (χ1v) is 18.2. The predicted molar refractivity (Wildman–Crippen MR) is 224 cm³/mol. The van der Waals surface area contributed by atoms with Crippen molar-refractivity contribution in [1.29, 1.82) is 0 Å². The second-order valence-corrected chi connectivity index (χ2v) is 14.6. The molecule has 0 spiro atoms. The van der Waals surface area contributed by atoms with Gasteiger partial charge in [-0.1, -0.05) is 97.1 Å². The number of nitrogens with zero attached hydrogens (tertiary/aromatic N) is 2. The topological polar surface area (TPSA) is 8.17 Å². The maximum atomic E-state index is 2.42. The van der Waals surface area contributed by atoms with E-state index in [4.69, 9.17) is 0 Å². The van der Waals surface area contributed by atoms with E-state index in [1.54, 1.807) is 0 Å². The van der Waals surface area contributed by atoms with Gasteiger partial charge in [0, 0.05) is 33.5 Å². The third-order valence-corrected chi connectivity index (χ3v) is 10.8. The number of anilines is 3. The number of para-hydroxylation sites is 2. The molecule has 0 saturated carbocycles. The van der Waals surface area contributed by atoms with E-state index < -0.39 is 0 Å². The van der Waals surface area contributed by atoms with Crippen LogP contribution >= 0.6 is 0 Å². The summed E-state index contributed by atoms with van der Waals surface area (Å²) in [6.07, 6.45) is 0. The van der Waals surface area contributed by atoms with Crippen LogP contribution in [0.1, 0.15) is 22.3 Å². The molecular weight excluding hydrogens is 629 g/mol. The molecule has 0 amide bonds. The molecule has 0 bridgehead atoms. The molecule has 0 unspecified atom stereocenters. The Balaban J connectivity index is 1.16. The number of rotatable bonds is 5. The highest BCUT2D eigenvalue weighted by Crippen LogP contribution is 2.45. The molecule has 2 nitrogen and oxygen atoms in total. The number of fused-ring (bicyclic) bond motifs is 4. The summed E-state index contributed by atoms with van der Waals surface area (Å²) in [6.45, 7) is 8.72. The number of hydrogen-bond donors (Lipinski definition) is 0. The standard InChI is InChI=1S/C50H38N2/c1-31-24-32(2)27-40(26-31)51(41-28-33(3)25-34(4)29-41)39-19-16-35(17-20-39)42-21-18-36-14-15-37-30-47-50(45-23-22-43(42)48(36)49(37)45)44-12-8-9-13-46(44)52(47)38-10-6-5-7-11-38/h5-30H,1-4H3. The van der Waals surface area contributed by atoms with E-state index in [1.165, 1.54) is 105 Å². The van der Waals surface area contributed by atoms with Gasteiger partial charge in [-0.25, -0.2) is 0 Å². The van der Waals surface area contributed by atoms with Gasteiger partial charge in [0.05, 0.1) is 11.0 Å². The van der Waals surface area contributed by atoms with Crippen molar-refractivity contribution < 1.29 is 0 Å². The molecule has 0 fully saturated rings. The highest BCUT2D eigenvalue weighted by Gasteiger charge is 2.20. The Hall–Kier alpha value is -6.38. The van der Waals surface area contributed by atoms with Crippen molar-refractivity contribution in [3.8, 4) is 16.8 Å². The van der Waals surface area contributed by atoms with Gasteiger partial charge in [0.2, 0.25) is 0 Å². The van der Waals surface area contributed by atoms with E-state index in [0.29, 0.717) is 0 Å². The largest absolute Gasteiger partial charge is 0.310 e. The SMILES string of the molecule is Cc1cc(C)cc(N(c2ccc(-c3ccc4ccc5cc6c(c7ccc3c4c57)c3ccccc3n6-c3ccccc3)cc2)c2cc(C)cc(C)c2)c1. The van der Waals surface area contributed by atoms with E-state index >= 15 is 0 Å². The Morgan fingerprint density at radius 1 is 0.385 bits per heavy atom. The first-order chi connectivity index (χ1) is 25.4. The third kappa shape index (κ3) is 4.72. The van der Waals surface area contributed by atoms with Crippen LogP contribution in [0.15, 0.2) is 158 Å². The van der Waals surface area contributed by atoms with Crippen molar-refractivity contribution in [3.63, 3.8) is 0 Å². The average Bonchev–Trinajstić information content (AvgIpc) is 3.48. The lowest BCUT2D eigenvalue weighted by Crippen LogP contribution is -2.11. The summed E-state index contributed by atoms with van der Waals surface area (Å²) in [5, 5.41) is 10.4. The minimum Gasteiger partial charge on any atom is -0.310 e. The number of aromatic nitrogens is 1. The second-order valence-electron chi connectivity index (χ2n) is 14.6. The molecule has 9 aromatic carbocycles. The predicted octanol–water partition coefficient (Wildman–Crippen LogP) is 14.1. The molecule has 0 atom stereocenters. The Morgan fingerprint density at radius 3 is 1.65 bits per heavy atom. The highest BCUT2D eigenvalue weighted by atomic mass is 15.1. The van der Waals surface area contributed by atoms with Crippen LogP contribution in [0.25, 0.3) is 70.9 Å². The smallest absolute Gasteiger partial charge is 0.0553 e. The molecule has 0 N–H and O–H groups in total. The summed E-state index contributed by atoms with van der Waals surface area (Å²) in [6, 6.07) is 58.7. The molecule has 1 heterocycles. The normalized spacial score (nSPS) is 11.8. The maximum Gasteiger partial charge on any atom is 0.0553 e. The van der Waals surface area contributed by atoms with Crippen molar-refractivity contribution in [3.05, 3.63) is 180 Å². The molecule has 2 heteroatoms. The van der Waals surface area contributed by atoms with Crippen LogP contribution in [0.4, 0.5) is 17.1 Å². The maximum absolute atomic E-state index is 2.42. The van der Waals surface area contributed by atoms with Crippen LogP contribution in [0.3, 0.4) is 0 Å². The first kappa shape index (κ1) is 30.4. The summed E-state index contributed by atoms with van der Waals surface area (Å²) in [5.41, 5.74) is 14.7. The van der Waals surface area contributed by atoms with Gasteiger partial charge in [0.15, 0.2) is 0 Å². The summed E-state index contributed by atoms with van der Waals surface area (Å²) in [7, 11) is 0. The highest BCUT2D eigenvalue weighted by molar-refractivity contribution is 6.34. The van der Waals surface area contributed by atoms with Crippen LogP contribution in [0.5, 0.6) is 0 Å². The van der Waals surface area contributed by atoms with Gasteiger partial charge in [0.25, 0.3) is 0 Å². The van der Waals surface area contributed by atoms with E-state index in [0.717, 1.165) is 5.69 Å². The van der Waals surface area contributed by atoms with Crippen LogP contribution in [0, 0.1) is 27.7 Å². The molecule has 248 valence electrons. The fourth-order valence-electron chi connectivity index (χ4n) is 8.83. The lowest BCUT2D eigenvalue weighted by atomic mass is 9.88. The first-order valence-electron chi connectivity index (χ1n) is 18.2. The van der Waals surface area contributed by atoms with E-state index in [1.807, 2.05) is 0 Å². The quantitative estimate of drug-likeness (QED) is 0.166. The Kier molecular flexibility index (Phi) is 6.78. The van der Waals surface area contributed by atoms with Gasteiger partial charge in [-0.2, -0.15) is 0 Å². The zero-order valence-electron chi connectivity index (χ0n) is 29.9. The van der Waals surface area contributed by atoms with E-state index in [-0.39, 0.29) is 0 Å². The van der Waals surface area contributed by atoms with Crippen molar-refractivity contribution in [2.75, 3.05) is 4.90 Å². The summed E-state index contributed by atoms with van der Waals surface area (Å²) in [5.74, 6) is 0. The van der Waals surface area contributed by atoms with Gasteiger partial charge in [-0.15, -0.1) is 0 Å². The minimum atomic E-state index is 1.15. The summed E-state index contributed by atoms with van der Waals surface area (Å²) in [4.78, 5) is 2.39. The molecule has 10 rings (SSSR count). The summed E-state index contributed by atoms with van der Waals surface area (Å²) < 4.78 is 2.42. The van der Waals surface area contributed by atoms with Gasteiger partial charge in [-0.05, 0) is 154 Å². The molecule has 0 saturated heterocycles. The molecule has 0 radical (unpaired) electrons. The summed E-state index contributed by atoms with van der Waals surface area (Å²) >= 11 is 0. The van der Waals surface area contributed by atoms with Gasteiger partial charge >= 0.3 is 0 Å². The van der Waals surface area contributed by atoms with Gasteiger partial charge < -0.3 is 9.47 Å². The Morgan fingerprint density at radius 2 is 0.962 bits per heavy atom. The lowest BCUT2D eigenvalue weighted by Gasteiger charge is -2.27. The molecule has 10 aromatic rings. The monoisotopic (exact) mass is 666 g/mol. The third-order valence-electron chi connectivity index (χ3n) is 10.8. The Labute approximate surface area is 304 Å². The number of hydrogen-bond acceptors (Lipinski definition) is 1. The number of benzene rings is 9. The Bertz CT molecular complexity index is 2890. The van der Waals surface area contributed by atoms with E-state index in [9.17, 15) is 0 Å². The molecule has 1 aromatic heterocycles. The zero-order chi connectivity index (χ0) is 35.1. The average molecular weight is 667 g/mol. The van der Waals surface area contributed by atoms with Crippen molar-refractivity contribution in [2.24, 2.45) is 0 Å². The molecule has 0 aliphatic carbocycles. The lowest BCUT2D eigenvalue weighted by molar-refractivity contribution is 1.18. The molecule has 0 aliphatic heterocycles. The van der Waals surface area contributed by atoms with Crippen molar-refractivity contribution in [1.82, 2.24) is 4.57 Å². The molecule has 0 aliphatic rings. The second kappa shape index (κ2) is 11.6. The minimum absolute atomic E-state index is 1.15.